The number of carbonyl (C=O) groups is 1. The zero-order valence-corrected chi connectivity index (χ0v) is 14.5. The van der Waals surface area contributed by atoms with Crippen molar-refractivity contribution in [1.82, 2.24) is 0 Å². The van der Waals surface area contributed by atoms with Crippen molar-refractivity contribution in [1.29, 1.82) is 0 Å². The predicted molar refractivity (Wildman–Crippen MR) is 99.8 cm³/mol. The van der Waals surface area contributed by atoms with Crippen LogP contribution < -0.4 is 0 Å². The van der Waals surface area contributed by atoms with Gasteiger partial charge < -0.3 is 5.11 Å². The Labute approximate surface area is 154 Å². The number of hydrogen-bond acceptors (Lipinski definition) is 2. The minimum absolute atomic E-state index is 0.272. The fraction of sp³-hybridized carbons (Fsp3) is 0.0909. The van der Waals surface area contributed by atoms with Crippen LogP contribution in [0.5, 0.6) is 0 Å². The van der Waals surface area contributed by atoms with Crippen molar-refractivity contribution >= 4 is 17.4 Å². The Hall–Kier alpha value is -3.34. The highest BCUT2D eigenvalue weighted by atomic mass is 19.1. The second-order valence-corrected chi connectivity index (χ2v) is 6.55. The summed E-state index contributed by atoms with van der Waals surface area (Å²) in [5, 5.41) is 9.43. The fourth-order valence-electron chi connectivity index (χ4n) is 3.36. The van der Waals surface area contributed by atoms with Crippen LogP contribution in [-0.4, -0.2) is 16.8 Å². The number of halogens is 2. The van der Waals surface area contributed by atoms with Crippen LogP contribution in [0.2, 0.25) is 0 Å². The monoisotopic (exact) mass is 363 g/mol. The SMILES string of the molecule is Cc1cc2c(c(C(=O)O)c1)CC(c1ccc(-c3ccc(F)cc3F)cc1)=N2. The number of hydrogen-bond donors (Lipinski definition) is 1. The molecule has 0 atom stereocenters. The second-order valence-electron chi connectivity index (χ2n) is 6.55. The minimum atomic E-state index is -0.964. The maximum atomic E-state index is 14.0. The Kier molecular flexibility index (Phi) is 4.07. The first kappa shape index (κ1) is 17.1. The lowest BCUT2D eigenvalue weighted by Crippen LogP contribution is -2.06. The molecule has 3 aromatic carbocycles. The molecule has 0 saturated carbocycles. The molecule has 1 N–H and O–H groups in total. The summed E-state index contributed by atoms with van der Waals surface area (Å²) in [6, 6.07) is 14.1. The van der Waals surface area contributed by atoms with Crippen LogP contribution in [0.15, 0.2) is 59.6 Å². The van der Waals surface area contributed by atoms with E-state index in [1.807, 2.05) is 25.1 Å². The standard InChI is InChI=1S/C22H15F2NO2/c1-12-8-18(22(26)27)17-11-20(25-21(17)9-12)14-4-2-13(3-5-14)16-7-6-15(23)10-19(16)24/h2-10H,11H2,1H3,(H,26,27). The summed E-state index contributed by atoms with van der Waals surface area (Å²) in [5.74, 6) is -2.20. The molecule has 5 heteroatoms. The number of aliphatic imine (C=N–C) groups is 1. The van der Waals surface area contributed by atoms with Crippen molar-refractivity contribution in [2.45, 2.75) is 13.3 Å². The topological polar surface area (TPSA) is 49.7 Å². The van der Waals surface area contributed by atoms with Gasteiger partial charge in [0, 0.05) is 18.1 Å². The highest BCUT2D eigenvalue weighted by Gasteiger charge is 2.23. The van der Waals surface area contributed by atoms with Gasteiger partial charge in [0.1, 0.15) is 11.6 Å². The van der Waals surface area contributed by atoms with Crippen LogP contribution >= 0.6 is 0 Å². The molecule has 1 heterocycles. The molecular weight excluding hydrogens is 348 g/mol. The van der Waals surface area contributed by atoms with Crippen LogP contribution in [0.25, 0.3) is 11.1 Å². The Morgan fingerprint density at radius 2 is 1.70 bits per heavy atom. The van der Waals surface area contributed by atoms with Gasteiger partial charge in [-0.05, 0) is 53.4 Å². The van der Waals surface area contributed by atoms with Crippen molar-refractivity contribution in [2.24, 2.45) is 4.99 Å². The molecule has 0 unspecified atom stereocenters. The lowest BCUT2D eigenvalue weighted by molar-refractivity contribution is 0.0696. The summed E-state index contributed by atoms with van der Waals surface area (Å²) >= 11 is 0. The number of rotatable bonds is 3. The molecule has 0 saturated heterocycles. The molecule has 0 bridgehead atoms. The van der Waals surface area contributed by atoms with E-state index in [0.29, 0.717) is 28.8 Å². The molecular formula is C22H15F2NO2. The van der Waals surface area contributed by atoms with Crippen molar-refractivity contribution in [3.05, 3.63) is 88.5 Å². The smallest absolute Gasteiger partial charge is 0.336 e. The van der Waals surface area contributed by atoms with Crippen LogP contribution in [0.3, 0.4) is 0 Å². The fourth-order valence-corrected chi connectivity index (χ4v) is 3.36. The Bertz CT molecular complexity index is 1100. The lowest BCUT2D eigenvalue weighted by atomic mass is 9.97. The first-order chi connectivity index (χ1) is 12.9. The molecule has 3 nitrogen and oxygen atoms in total. The molecule has 0 spiro atoms. The van der Waals surface area contributed by atoms with Crippen molar-refractivity contribution in [3.8, 4) is 11.1 Å². The van der Waals surface area contributed by atoms with E-state index in [4.69, 9.17) is 0 Å². The third-order valence-corrected chi connectivity index (χ3v) is 4.66. The number of fused-ring (bicyclic) bond motifs is 1. The highest BCUT2D eigenvalue weighted by molar-refractivity contribution is 6.09. The number of benzene rings is 3. The Morgan fingerprint density at radius 3 is 2.37 bits per heavy atom. The van der Waals surface area contributed by atoms with E-state index in [1.54, 1.807) is 18.2 Å². The third kappa shape index (κ3) is 3.12. The van der Waals surface area contributed by atoms with Crippen molar-refractivity contribution in [2.75, 3.05) is 0 Å². The third-order valence-electron chi connectivity index (χ3n) is 4.66. The largest absolute Gasteiger partial charge is 0.478 e. The zero-order valence-electron chi connectivity index (χ0n) is 14.5. The maximum absolute atomic E-state index is 14.0. The normalized spacial score (nSPS) is 12.6. The van der Waals surface area contributed by atoms with Gasteiger partial charge in [0.2, 0.25) is 0 Å². The van der Waals surface area contributed by atoms with Crippen molar-refractivity contribution < 1.29 is 18.7 Å². The summed E-state index contributed by atoms with van der Waals surface area (Å²) in [7, 11) is 0. The van der Waals surface area contributed by atoms with Gasteiger partial charge in [-0.1, -0.05) is 24.3 Å². The maximum Gasteiger partial charge on any atom is 0.336 e. The predicted octanol–water partition coefficient (Wildman–Crippen LogP) is 5.32. The van der Waals surface area contributed by atoms with Gasteiger partial charge in [-0.25, -0.2) is 13.6 Å². The number of aromatic carboxylic acids is 1. The molecule has 0 amide bonds. The lowest BCUT2D eigenvalue weighted by Gasteiger charge is -2.06. The molecule has 0 fully saturated rings. The molecule has 1 aliphatic heterocycles. The van der Waals surface area contributed by atoms with Crippen molar-refractivity contribution in [3.63, 3.8) is 0 Å². The molecule has 0 radical (unpaired) electrons. The minimum Gasteiger partial charge on any atom is -0.478 e. The van der Waals surface area contributed by atoms with E-state index in [9.17, 15) is 18.7 Å². The first-order valence-corrected chi connectivity index (χ1v) is 8.42. The Morgan fingerprint density at radius 1 is 1.00 bits per heavy atom. The molecule has 0 aliphatic carbocycles. The summed E-state index contributed by atoms with van der Waals surface area (Å²) in [6.45, 7) is 1.84. The van der Waals surface area contributed by atoms with E-state index in [-0.39, 0.29) is 5.56 Å². The van der Waals surface area contributed by atoms with Crippen LogP contribution in [-0.2, 0) is 6.42 Å². The highest BCUT2D eigenvalue weighted by Crippen LogP contribution is 2.33. The second kappa shape index (κ2) is 6.43. The van der Waals surface area contributed by atoms with E-state index in [2.05, 4.69) is 4.99 Å². The molecule has 27 heavy (non-hydrogen) atoms. The van der Waals surface area contributed by atoms with Crippen LogP contribution in [0, 0.1) is 18.6 Å². The van der Waals surface area contributed by atoms with E-state index in [1.165, 1.54) is 12.1 Å². The van der Waals surface area contributed by atoms with Gasteiger partial charge in [0.25, 0.3) is 0 Å². The number of nitrogens with zero attached hydrogens (tertiary/aromatic N) is 1. The van der Waals surface area contributed by atoms with Gasteiger partial charge >= 0.3 is 5.97 Å². The summed E-state index contributed by atoms with van der Waals surface area (Å²) in [4.78, 5) is 16.1. The van der Waals surface area contributed by atoms with Gasteiger partial charge in [-0.3, -0.25) is 4.99 Å². The van der Waals surface area contributed by atoms with Gasteiger partial charge in [-0.2, -0.15) is 0 Å². The first-order valence-electron chi connectivity index (χ1n) is 8.42. The molecule has 1 aliphatic rings. The van der Waals surface area contributed by atoms with Gasteiger partial charge in [0.05, 0.1) is 17.0 Å². The molecule has 134 valence electrons. The van der Waals surface area contributed by atoms with E-state index in [0.717, 1.165) is 22.9 Å². The quantitative estimate of drug-likeness (QED) is 0.685. The summed E-state index contributed by atoms with van der Waals surface area (Å²) < 4.78 is 27.0. The Balaban J connectivity index is 1.66. The van der Waals surface area contributed by atoms with Crippen LogP contribution in [0.1, 0.15) is 27.0 Å². The van der Waals surface area contributed by atoms with E-state index >= 15 is 0 Å². The molecule has 3 aromatic rings. The van der Waals surface area contributed by atoms with E-state index < -0.39 is 17.6 Å². The number of carboxylic acid groups (broad SMARTS) is 1. The molecule has 0 aromatic heterocycles. The van der Waals surface area contributed by atoms with Gasteiger partial charge in [-0.15, -0.1) is 0 Å². The summed E-state index contributed by atoms with van der Waals surface area (Å²) in [5.41, 5.74) is 5.06. The zero-order chi connectivity index (χ0) is 19.1. The van der Waals surface area contributed by atoms with Crippen LogP contribution in [0.4, 0.5) is 14.5 Å². The summed E-state index contributed by atoms with van der Waals surface area (Å²) in [6.07, 6.45) is 0.432. The number of carboxylic acids is 1. The average Bonchev–Trinajstić information content (AvgIpc) is 3.05. The number of aryl methyl sites for hydroxylation is 1. The average molecular weight is 363 g/mol. The molecule has 4 rings (SSSR count). The van der Waals surface area contributed by atoms with Gasteiger partial charge in [0.15, 0.2) is 0 Å².